The number of methoxy groups -OCH3 is 1. The van der Waals surface area contributed by atoms with Crippen LogP contribution in [0, 0.1) is 0 Å². The molecule has 2 N–H and O–H groups in total. The van der Waals surface area contributed by atoms with Crippen molar-refractivity contribution in [1.29, 1.82) is 0 Å². The van der Waals surface area contributed by atoms with Crippen LogP contribution in [0.25, 0.3) is 0 Å². The number of ether oxygens (including phenoxy) is 3. The summed E-state index contributed by atoms with van der Waals surface area (Å²) in [7, 11) is 1.66. The number of para-hydroxylation sites is 1. The molecule has 4 nitrogen and oxygen atoms in total. The minimum Gasteiger partial charge on any atom is -0.497 e. The number of hydrogen-bond donors (Lipinski definition) is 1. The first-order chi connectivity index (χ1) is 10.3. The second-order valence-corrected chi connectivity index (χ2v) is 5.03. The summed E-state index contributed by atoms with van der Waals surface area (Å²) in [5, 5.41) is 0. The highest BCUT2D eigenvalue weighted by Gasteiger charge is 2.19. The Morgan fingerprint density at radius 3 is 2.62 bits per heavy atom. The van der Waals surface area contributed by atoms with Crippen LogP contribution < -0.4 is 19.9 Å². The minimum atomic E-state index is -0.130. The van der Waals surface area contributed by atoms with Crippen molar-refractivity contribution >= 4 is 0 Å². The highest BCUT2D eigenvalue weighted by atomic mass is 16.6. The van der Waals surface area contributed by atoms with Crippen LogP contribution in [0.1, 0.15) is 17.2 Å². The Kier molecular flexibility index (Phi) is 3.97. The van der Waals surface area contributed by atoms with Crippen LogP contribution in [0.5, 0.6) is 17.2 Å². The maximum Gasteiger partial charge on any atom is 0.166 e. The van der Waals surface area contributed by atoms with Gasteiger partial charge in [0.05, 0.1) is 7.11 Å². The van der Waals surface area contributed by atoms with Gasteiger partial charge in [0.1, 0.15) is 19.0 Å². The number of rotatable bonds is 4. The maximum absolute atomic E-state index is 6.35. The lowest BCUT2D eigenvalue weighted by molar-refractivity contribution is 0.169. The molecule has 1 aliphatic rings. The SMILES string of the molecule is COc1ccc(CC(N)c2cccc3c2OCCO3)cc1. The summed E-state index contributed by atoms with van der Waals surface area (Å²) >= 11 is 0. The van der Waals surface area contributed by atoms with E-state index in [4.69, 9.17) is 19.9 Å². The van der Waals surface area contributed by atoms with Crippen LogP contribution in [-0.4, -0.2) is 20.3 Å². The first-order valence-electron chi connectivity index (χ1n) is 7.05. The van der Waals surface area contributed by atoms with Crippen molar-refractivity contribution in [2.75, 3.05) is 20.3 Å². The average molecular weight is 285 g/mol. The Balaban J connectivity index is 1.80. The van der Waals surface area contributed by atoms with Crippen molar-refractivity contribution in [3.8, 4) is 17.2 Å². The summed E-state index contributed by atoms with van der Waals surface area (Å²) in [6.07, 6.45) is 0.740. The molecule has 0 fully saturated rings. The standard InChI is InChI=1S/C17H19NO3/c1-19-13-7-5-12(6-8-13)11-15(18)14-3-2-4-16-17(14)21-10-9-20-16/h2-8,15H,9-11,18H2,1H3. The van der Waals surface area contributed by atoms with E-state index in [0.29, 0.717) is 13.2 Å². The number of nitrogens with two attached hydrogens (primary N) is 1. The molecule has 1 unspecified atom stereocenters. The number of hydrogen-bond acceptors (Lipinski definition) is 4. The Morgan fingerprint density at radius 2 is 1.86 bits per heavy atom. The molecule has 1 atom stereocenters. The van der Waals surface area contributed by atoms with Gasteiger partial charge in [-0.15, -0.1) is 0 Å². The highest BCUT2D eigenvalue weighted by molar-refractivity contribution is 5.49. The van der Waals surface area contributed by atoms with Gasteiger partial charge >= 0.3 is 0 Å². The summed E-state index contributed by atoms with van der Waals surface area (Å²) in [5.41, 5.74) is 8.51. The smallest absolute Gasteiger partial charge is 0.166 e. The van der Waals surface area contributed by atoms with Gasteiger partial charge in [0, 0.05) is 11.6 Å². The van der Waals surface area contributed by atoms with Gasteiger partial charge in [-0.3, -0.25) is 0 Å². The molecule has 0 aliphatic carbocycles. The van der Waals surface area contributed by atoms with E-state index < -0.39 is 0 Å². The van der Waals surface area contributed by atoms with Crippen molar-refractivity contribution in [2.45, 2.75) is 12.5 Å². The van der Waals surface area contributed by atoms with Gasteiger partial charge in [-0.25, -0.2) is 0 Å². The van der Waals surface area contributed by atoms with Crippen LogP contribution in [-0.2, 0) is 6.42 Å². The van der Waals surface area contributed by atoms with E-state index in [9.17, 15) is 0 Å². The summed E-state index contributed by atoms with van der Waals surface area (Å²) in [6.45, 7) is 1.16. The molecule has 0 amide bonds. The molecule has 1 aliphatic heterocycles. The van der Waals surface area contributed by atoms with Crippen LogP contribution >= 0.6 is 0 Å². The molecule has 4 heteroatoms. The fourth-order valence-corrected chi connectivity index (χ4v) is 2.51. The van der Waals surface area contributed by atoms with Crippen LogP contribution in [0.4, 0.5) is 0 Å². The van der Waals surface area contributed by atoms with Gasteiger partial charge in [0.25, 0.3) is 0 Å². The second-order valence-electron chi connectivity index (χ2n) is 5.03. The van der Waals surface area contributed by atoms with E-state index in [1.165, 1.54) is 0 Å². The lowest BCUT2D eigenvalue weighted by atomic mass is 9.98. The Hall–Kier alpha value is -2.20. The van der Waals surface area contributed by atoms with Gasteiger partial charge in [-0.1, -0.05) is 24.3 Å². The molecular formula is C17H19NO3. The fourth-order valence-electron chi connectivity index (χ4n) is 2.51. The normalized spacial score (nSPS) is 14.6. The van der Waals surface area contributed by atoms with Gasteiger partial charge in [-0.05, 0) is 30.2 Å². The molecule has 1 heterocycles. The zero-order valence-electron chi connectivity index (χ0n) is 12.0. The topological polar surface area (TPSA) is 53.7 Å². The number of benzene rings is 2. The molecule has 0 spiro atoms. The molecular weight excluding hydrogens is 266 g/mol. The number of fused-ring (bicyclic) bond motifs is 1. The quantitative estimate of drug-likeness (QED) is 0.938. The van der Waals surface area contributed by atoms with Crippen molar-refractivity contribution in [1.82, 2.24) is 0 Å². The molecule has 2 aromatic carbocycles. The molecule has 110 valence electrons. The molecule has 0 radical (unpaired) electrons. The first-order valence-corrected chi connectivity index (χ1v) is 7.05. The molecule has 2 aromatic rings. The Bertz CT molecular complexity index is 610. The third kappa shape index (κ3) is 2.95. The summed E-state index contributed by atoms with van der Waals surface area (Å²) < 4.78 is 16.5. The van der Waals surface area contributed by atoms with Gasteiger partial charge in [-0.2, -0.15) is 0 Å². The second kappa shape index (κ2) is 6.06. The molecule has 3 rings (SSSR count). The zero-order chi connectivity index (χ0) is 14.7. The van der Waals surface area contributed by atoms with Crippen LogP contribution in [0.3, 0.4) is 0 Å². The summed E-state index contributed by atoms with van der Waals surface area (Å²) in [4.78, 5) is 0. The van der Waals surface area contributed by atoms with E-state index in [-0.39, 0.29) is 6.04 Å². The van der Waals surface area contributed by atoms with E-state index in [1.807, 2.05) is 42.5 Å². The monoisotopic (exact) mass is 285 g/mol. The van der Waals surface area contributed by atoms with Crippen molar-refractivity contribution in [2.24, 2.45) is 5.73 Å². The van der Waals surface area contributed by atoms with Gasteiger partial charge < -0.3 is 19.9 Å². The largest absolute Gasteiger partial charge is 0.497 e. The predicted octanol–water partition coefficient (Wildman–Crippen LogP) is 2.71. The predicted molar refractivity (Wildman–Crippen MR) is 81.1 cm³/mol. The maximum atomic E-state index is 6.35. The molecule has 0 aromatic heterocycles. The lowest BCUT2D eigenvalue weighted by Gasteiger charge is -2.23. The van der Waals surface area contributed by atoms with Gasteiger partial charge in [0.15, 0.2) is 11.5 Å². The Labute approximate surface area is 124 Å². The van der Waals surface area contributed by atoms with E-state index in [0.717, 1.165) is 34.8 Å². The van der Waals surface area contributed by atoms with Gasteiger partial charge in [0.2, 0.25) is 0 Å². The third-order valence-corrected chi connectivity index (χ3v) is 3.61. The molecule has 21 heavy (non-hydrogen) atoms. The zero-order valence-corrected chi connectivity index (χ0v) is 12.0. The van der Waals surface area contributed by atoms with Crippen LogP contribution in [0.2, 0.25) is 0 Å². The minimum absolute atomic E-state index is 0.130. The first kappa shape index (κ1) is 13.8. The fraction of sp³-hybridized carbons (Fsp3) is 0.294. The summed E-state index contributed by atoms with van der Waals surface area (Å²) in [5.74, 6) is 2.41. The van der Waals surface area contributed by atoms with Crippen molar-refractivity contribution < 1.29 is 14.2 Å². The summed E-state index contributed by atoms with van der Waals surface area (Å²) in [6, 6.07) is 13.7. The molecule has 0 saturated carbocycles. The average Bonchev–Trinajstić information content (AvgIpc) is 2.55. The third-order valence-electron chi connectivity index (χ3n) is 3.61. The van der Waals surface area contributed by atoms with Crippen molar-refractivity contribution in [3.05, 3.63) is 53.6 Å². The Morgan fingerprint density at radius 1 is 1.10 bits per heavy atom. The van der Waals surface area contributed by atoms with E-state index >= 15 is 0 Å². The molecule has 0 saturated heterocycles. The lowest BCUT2D eigenvalue weighted by Crippen LogP contribution is -2.20. The molecule has 0 bridgehead atoms. The van der Waals surface area contributed by atoms with Crippen molar-refractivity contribution in [3.63, 3.8) is 0 Å². The van der Waals surface area contributed by atoms with E-state index in [2.05, 4.69) is 0 Å². The highest BCUT2D eigenvalue weighted by Crippen LogP contribution is 2.37. The van der Waals surface area contributed by atoms with Crippen LogP contribution in [0.15, 0.2) is 42.5 Å². The van der Waals surface area contributed by atoms with E-state index in [1.54, 1.807) is 7.11 Å².